The molecule has 1 fully saturated rings. The molecule has 1 aromatic heterocycles. The Morgan fingerprint density at radius 3 is 2.89 bits per heavy atom. The number of nitrogens with one attached hydrogen (secondary N) is 1. The van der Waals surface area contributed by atoms with Crippen molar-refractivity contribution in [3.63, 3.8) is 0 Å². The third kappa shape index (κ3) is 3.77. The summed E-state index contributed by atoms with van der Waals surface area (Å²) in [5.74, 6) is 0. The Balaban J connectivity index is 2.06. The molecule has 0 aromatic carbocycles. The van der Waals surface area contributed by atoms with Gasteiger partial charge in [0.05, 0.1) is 6.54 Å². The van der Waals surface area contributed by atoms with E-state index in [0.29, 0.717) is 6.04 Å². The van der Waals surface area contributed by atoms with E-state index in [2.05, 4.69) is 48.3 Å². The Labute approximate surface area is 121 Å². The third-order valence-electron chi connectivity index (χ3n) is 4.24. The van der Waals surface area contributed by atoms with E-state index in [9.17, 15) is 0 Å². The van der Waals surface area contributed by atoms with E-state index < -0.39 is 0 Å². The molecule has 1 aromatic rings. The van der Waals surface area contributed by atoms with Gasteiger partial charge in [-0.05, 0) is 26.7 Å². The van der Waals surface area contributed by atoms with Gasteiger partial charge in [-0.25, -0.2) is 4.98 Å². The van der Waals surface area contributed by atoms with Crippen molar-refractivity contribution in [2.24, 2.45) is 0 Å². The van der Waals surface area contributed by atoms with E-state index in [1.54, 1.807) is 11.3 Å². The first-order chi connectivity index (χ1) is 9.06. The van der Waals surface area contributed by atoms with E-state index in [1.165, 1.54) is 24.3 Å². The fraction of sp³-hybridized carbons (Fsp3) is 0.800. The Bertz CT molecular complexity index is 404. The van der Waals surface area contributed by atoms with Crippen LogP contribution in [-0.4, -0.2) is 34.6 Å². The van der Waals surface area contributed by atoms with Crippen LogP contribution in [0.5, 0.6) is 0 Å². The van der Waals surface area contributed by atoms with E-state index in [0.717, 1.165) is 25.3 Å². The quantitative estimate of drug-likeness (QED) is 0.898. The van der Waals surface area contributed by atoms with Gasteiger partial charge in [0, 0.05) is 35.7 Å². The lowest BCUT2D eigenvalue weighted by molar-refractivity contribution is 0.0725. The average Bonchev–Trinajstić information content (AvgIpc) is 2.79. The molecule has 0 bridgehead atoms. The summed E-state index contributed by atoms with van der Waals surface area (Å²) >= 11 is 1.80. The van der Waals surface area contributed by atoms with Crippen LogP contribution in [0.3, 0.4) is 0 Å². The summed E-state index contributed by atoms with van der Waals surface area (Å²) in [5.41, 5.74) is 1.41. The smallest absolute Gasteiger partial charge is 0.107 e. The fourth-order valence-electron chi connectivity index (χ4n) is 2.82. The van der Waals surface area contributed by atoms with Gasteiger partial charge >= 0.3 is 0 Å². The van der Waals surface area contributed by atoms with Crippen LogP contribution in [0.2, 0.25) is 0 Å². The predicted octanol–water partition coefficient (Wildman–Crippen LogP) is 3.19. The van der Waals surface area contributed by atoms with Crippen LogP contribution in [0.4, 0.5) is 0 Å². The molecule has 2 unspecified atom stereocenters. The molecule has 1 aliphatic rings. The van der Waals surface area contributed by atoms with Gasteiger partial charge in [-0.3, -0.25) is 4.90 Å². The van der Waals surface area contributed by atoms with Gasteiger partial charge < -0.3 is 5.32 Å². The molecular weight excluding hydrogens is 254 g/mol. The predicted molar refractivity (Wildman–Crippen MR) is 82.7 cm³/mol. The molecule has 1 N–H and O–H groups in total. The maximum Gasteiger partial charge on any atom is 0.107 e. The summed E-state index contributed by atoms with van der Waals surface area (Å²) < 4.78 is 0. The minimum Gasteiger partial charge on any atom is -0.309 e. The number of thiazole rings is 1. The number of rotatable bonds is 5. The van der Waals surface area contributed by atoms with Gasteiger partial charge in [0.1, 0.15) is 5.01 Å². The first kappa shape index (κ1) is 14.9. The van der Waals surface area contributed by atoms with Gasteiger partial charge in [-0.2, -0.15) is 0 Å². The first-order valence-corrected chi connectivity index (χ1v) is 8.34. The molecule has 4 heteroatoms. The zero-order valence-electron chi connectivity index (χ0n) is 12.7. The first-order valence-electron chi connectivity index (χ1n) is 7.46. The average molecular weight is 281 g/mol. The maximum absolute atomic E-state index is 4.63. The highest BCUT2D eigenvalue weighted by atomic mass is 32.1. The van der Waals surface area contributed by atoms with Crippen LogP contribution in [0.25, 0.3) is 0 Å². The molecule has 0 amide bonds. The SMILES string of the molecule is CCCC1CNC(C)(CC)CN1Cc1nc(C)cs1. The molecule has 3 nitrogen and oxygen atoms in total. The number of piperazine rings is 1. The van der Waals surface area contributed by atoms with Crippen LogP contribution in [-0.2, 0) is 6.54 Å². The summed E-state index contributed by atoms with van der Waals surface area (Å²) in [4.78, 5) is 7.27. The summed E-state index contributed by atoms with van der Waals surface area (Å²) in [6.45, 7) is 12.2. The molecule has 108 valence electrons. The highest BCUT2D eigenvalue weighted by Crippen LogP contribution is 2.24. The molecule has 0 aliphatic carbocycles. The van der Waals surface area contributed by atoms with E-state index in [1.807, 2.05) is 0 Å². The van der Waals surface area contributed by atoms with Crippen LogP contribution >= 0.6 is 11.3 Å². The summed E-state index contributed by atoms with van der Waals surface area (Å²) in [5, 5.41) is 7.16. The lowest BCUT2D eigenvalue weighted by Crippen LogP contribution is -2.62. The molecule has 0 saturated carbocycles. The molecule has 0 radical (unpaired) electrons. The van der Waals surface area contributed by atoms with E-state index in [4.69, 9.17) is 0 Å². The molecule has 19 heavy (non-hydrogen) atoms. The van der Waals surface area contributed by atoms with Crippen molar-refractivity contribution in [2.75, 3.05) is 13.1 Å². The number of aromatic nitrogens is 1. The Hall–Kier alpha value is -0.450. The Kier molecular flexibility index (Phi) is 4.98. The number of hydrogen-bond donors (Lipinski definition) is 1. The highest BCUT2D eigenvalue weighted by Gasteiger charge is 2.34. The largest absolute Gasteiger partial charge is 0.309 e. The highest BCUT2D eigenvalue weighted by molar-refractivity contribution is 7.09. The van der Waals surface area contributed by atoms with Crippen molar-refractivity contribution in [1.82, 2.24) is 15.2 Å². The van der Waals surface area contributed by atoms with Crippen molar-refractivity contribution in [3.8, 4) is 0 Å². The standard InChI is InChI=1S/C15H27N3S/c1-5-7-13-8-16-15(4,6-2)11-18(13)9-14-17-12(3)10-19-14/h10,13,16H,5-9,11H2,1-4H3. The van der Waals surface area contributed by atoms with E-state index >= 15 is 0 Å². The second-order valence-corrected chi connectivity index (χ2v) is 6.97. The van der Waals surface area contributed by atoms with Crippen molar-refractivity contribution in [3.05, 3.63) is 16.1 Å². The van der Waals surface area contributed by atoms with Crippen LogP contribution in [0, 0.1) is 6.92 Å². The van der Waals surface area contributed by atoms with Crippen molar-refractivity contribution in [2.45, 2.75) is 65.1 Å². The van der Waals surface area contributed by atoms with Gasteiger partial charge in [0.2, 0.25) is 0 Å². The minimum atomic E-state index is 0.260. The molecule has 2 atom stereocenters. The van der Waals surface area contributed by atoms with Gasteiger partial charge in [-0.15, -0.1) is 11.3 Å². The monoisotopic (exact) mass is 281 g/mol. The number of hydrogen-bond acceptors (Lipinski definition) is 4. The molecule has 0 spiro atoms. The Morgan fingerprint density at radius 1 is 1.53 bits per heavy atom. The van der Waals surface area contributed by atoms with Gasteiger partial charge in [0.25, 0.3) is 0 Å². The van der Waals surface area contributed by atoms with Crippen LogP contribution < -0.4 is 5.32 Å². The molecule has 1 saturated heterocycles. The molecular formula is C15H27N3S. The lowest BCUT2D eigenvalue weighted by Gasteiger charge is -2.46. The summed E-state index contributed by atoms with van der Waals surface area (Å²) in [7, 11) is 0. The van der Waals surface area contributed by atoms with Crippen LogP contribution in [0.1, 0.15) is 50.7 Å². The number of aryl methyl sites for hydroxylation is 1. The molecule has 2 heterocycles. The molecule has 1 aliphatic heterocycles. The second-order valence-electron chi connectivity index (χ2n) is 6.03. The zero-order chi connectivity index (χ0) is 13.9. The molecule has 2 rings (SSSR count). The Morgan fingerprint density at radius 2 is 2.32 bits per heavy atom. The van der Waals surface area contributed by atoms with Crippen molar-refractivity contribution < 1.29 is 0 Å². The minimum absolute atomic E-state index is 0.260. The zero-order valence-corrected chi connectivity index (χ0v) is 13.5. The summed E-state index contributed by atoms with van der Waals surface area (Å²) in [6.07, 6.45) is 3.71. The van der Waals surface area contributed by atoms with Crippen molar-refractivity contribution >= 4 is 11.3 Å². The second kappa shape index (κ2) is 6.33. The normalized spacial score (nSPS) is 28.7. The summed E-state index contributed by atoms with van der Waals surface area (Å²) in [6, 6.07) is 0.661. The topological polar surface area (TPSA) is 28.2 Å². The lowest BCUT2D eigenvalue weighted by atomic mass is 9.92. The fourth-order valence-corrected chi connectivity index (χ4v) is 3.61. The van der Waals surface area contributed by atoms with Gasteiger partial charge in [-0.1, -0.05) is 20.3 Å². The van der Waals surface area contributed by atoms with Crippen molar-refractivity contribution in [1.29, 1.82) is 0 Å². The number of nitrogens with zero attached hydrogens (tertiary/aromatic N) is 2. The van der Waals surface area contributed by atoms with E-state index in [-0.39, 0.29) is 5.54 Å². The third-order valence-corrected chi connectivity index (χ3v) is 5.19. The maximum atomic E-state index is 4.63. The van der Waals surface area contributed by atoms with Gasteiger partial charge in [0.15, 0.2) is 0 Å². The van der Waals surface area contributed by atoms with Crippen LogP contribution in [0.15, 0.2) is 5.38 Å².